The van der Waals surface area contributed by atoms with Gasteiger partial charge >= 0.3 is 5.97 Å². The van der Waals surface area contributed by atoms with Crippen LogP contribution in [0.4, 0.5) is 0 Å². The van der Waals surface area contributed by atoms with Gasteiger partial charge < -0.3 is 5.11 Å². The van der Waals surface area contributed by atoms with Crippen LogP contribution in [0.3, 0.4) is 0 Å². The standard InChI is InChI=1S/C10H8Cl3NO4S/c11-6-1-7(12)9(8(13)2-6)19(17,18)14-3-5(4-14)10(15)16/h1-2,5H,3-4H2,(H,15,16). The van der Waals surface area contributed by atoms with Crippen molar-refractivity contribution in [2.75, 3.05) is 13.1 Å². The molecule has 1 fully saturated rings. The minimum atomic E-state index is -3.90. The van der Waals surface area contributed by atoms with Crippen molar-refractivity contribution in [2.24, 2.45) is 5.92 Å². The van der Waals surface area contributed by atoms with Crippen LogP contribution in [0, 0.1) is 5.92 Å². The molecule has 1 aliphatic heterocycles. The van der Waals surface area contributed by atoms with Gasteiger partial charge in [-0.25, -0.2) is 8.42 Å². The Balaban J connectivity index is 2.35. The number of hydrogen-bond acceptors (Lipinski definition) is 3. The summed E-state index contributed by atoms with van der Waals surface area (Å²) in [6.45, 7) is -0.181. The minimum absolute atomic E-state index is 0.0868. The number of nitrogens with zero attached hydrogens (tertiary/aromatic N) is 1. The Morgan fingerprint density at radius 1 is 1.21 bits per heavy atom. The molecule has 5 nitrogen and oxygen atoms in total. The Kier molecular flexibility index (Phi) is 3.99. The Bertz CT molecular complexity index is 617. The molecule has 0 amide bonds. The third kappa shape index (κ3) is 2.68. The van der Waals surface area contributed by atoms with Crippen LogP contribution in [-0.2, 0) is 14.8 Å². The van der Waals surface area contributed by atoms with Crippen LogP contribution in [0.25, 0.3) is 0 Å². The maximum Gasteiger partial charge on any atom is 0.309 e. The summed E-state index contributed by atoms with van der Waals surface area (Å²) in [6, 6.07) is 2.55. The van der Waals surface area contributed by atoms with E-state index >= 15 is 0 Å². The predicted molar refractivity (Wildman–Crippen MR) is 71.4 cm³/mol. The molecule has 9 heteroatoms. The van der Waals surface area contributed by atoms with Gasteiger partial charge in [0, 0.05) is 18.1 Å². The van der Waals surface area contributed by atoms with Crippen LogP contribution >= 0.6 is 34.8 Å². The quantitative estimate of drug-likeness (QED) is 0.913. The lowest BCUT2D eigenvalue weighted by Crippen LogP contribution is -2.52. The van der Waals surface area contributed by atoms with E-state index in [1.807, 2.05) is 0 Å². The van der Waals surface area contributed by atoms with Crippen LogP contribution in [0.2, 0.25) is 15.1 Å². The number of rotatable bonds is 3. The number of carboxylic acid groups (broad SMARTS) is 1. The molecule has 0 spiro atoms. The molecule has 19 heavy (non-hydrogen) atoms. The first-order chi connectivity index (χ1) is 8.73. The highest BCUT2D eigenvalue weighted by Crippen LogP contribution is 2.36. The molecule has 1 aromatic carbocycles. The van der Waals surface area contributed by atoms with Crippen molar-refractivity contribution >= 4 is 50.8 Å². The van der Waals surface area contributed by atoms with E-state index in [0.717, 1.165) is 4.31 Å². The highest BCUT2D eigenvalue weighted by molar-refractivity contribution is 7.89. The third-order valence-corrected chi connectivity index (χ3v) is 5.73. The molecular formula is C10H8Cl3NO4S. The van der Waals surface area contributed by atoms with Crippen molar-refractivity contribution in [2.45, 2.75) is 4.90 Å². The lowest BCUT2D eigenvalue weighted by molar-refractivity contribution is -0.145. The third-order valence-electron chi connectivity index (χ3n) is 2.76. The number of sulfonamides is 1. The maximum absolute atomic E-state index is 12.3. The number of benzene rings is 1. The van der Waals surface area contributed by atoms with E-state index in [4.69, 9.17) is 39.9 Å². The van der Waals surface area contributed by atoms with Crippen molar-refractivity contribution in [3.05, 3.63) is 27.2 Å². The molecule has 0 bridgehead atoms. The fourth-order valence-electron chi connectivity index (χ4n) is 1.70. The Morgan fingerprint density at radius 2 is 1.68 bits per heavy atom. The molecule has 0 atom stereocenters. The first-order valence-electron chi connectivity index (χ1n) is 5.11. The lowest BCUT2D eigenvalue weighted by atomic mass is 10.0. The first-order valence-corrected chi connectivity index (χ1v) is 7.68. The summed E-state index contributed by atoms with van der Waals surface area (Å²) in [5.41, 5.74) is 0. The highest BCUT2D eigenvalue weighted by atomic mass is 35.5. The molecule has 0 radical (unpaired) electrons. The van der Waals surface area contributed by atoms with E-state index in [2.05, 4.69) is 0 Å². The van der Waals surface area contributed by atoms with Crippen LogP contribution < -0.4 is 0 Å². The summed E-state index contributed by atoms with van der Waals surface area (Å²) in [6.07, 6.45) is 0. The number of halogens is 3. The number of hydrogen-bond donors (Lipinski definition) is 1. The topological polar surface area (TPSA) is 74.7 Å². The molecular weight excluding hydrogens is 337 g/mol. The summed E-state index contributed by atoms with van der Waals surface area (Å²) in [7, 11) is -3.90. The van der Waals surface area contributed by atoms with Crippen LogP contribution in [0.15, 0.2) is 17.0 Å². The molecule has 0 saturated carbocycles. The monoisotopic (exact) mass is 343 g/mol. The highest BCUT2D eigenvalue weighted by Gasteiger charge is 2.42. The van der Waals surface area contributed by atoms with Gasteiger partial charge in [0.15, 0.2) is 0 Å². The molecule has 1 aromatic rings. The lowest BCUT2D eigenvalue weighted by Gasteiger charge is -2.35. The number of carbonyl (C=O) groups is 1. The van der Waals surface area contributed by atoms with Gasteiger partial charge in [-0.05, 0) is 12.1 Å². The van der Waals surface area contributed by atoms with Crippen molar-refractivity contribution in [3.8, 4) is 0 Å². The van der Waals surface area contributed by atoms with Gasteiger partial charge in [-0.15, -0.1) is 0 Å². The van der Waals surface area contributed by atoms with E-state index in [1.54, 1.807) is 0 Å². The average Bonchev–Trinajstić information content (AvgIpc) is 2.09. The average molecular weight is 345 g/mol. The smallest absolute Gasteiger partial charge is 0.309 e. The summed E-state index contributed by atoms with van der Waals surface area (Å²) < 4.78 is 25.5. The summed E-state index contributed by atoms with van der Waals surface area (Å²) in [5, 5.41) is 8.79. The summed E-state index contributed by atoms with van der Waals surface area (Å²) in [5.74, 6) is -1.72. The molecule has 104 valence electrons. The van der Waals surface area contributed by atoms with Crippen molar-refractivity contribution in [3.63, 3.8) is 0 Å². The van der Waals surface area contributed by atoms with Gasteiger partial charge in [-0.3, -0.25) is 4.79 Å². The van der Waals surface area contributed by atoms with Gasteiger partial charge in [0.25, 0.3) is 0 Å². The largest absolute Gasteiger partial charge is 0.481 e. The van der Waals surface area contributed by atoms with E-state index in [1.165, 1.54) is 12.1 Å². The predicted octanol–water partition coefficient (Wildman–Crippen LogP) is 2.35. The van der Waals surface area contributed by atoms with Gasteiger partial charge in [-0.1, -0.05) is 34.8 Å². The fourth-order valence-corrected chi connectivity index (χ4v) is 4.72. The number of aliphatic carboxylic acids is 1. The molecule has 1 N–H and O–H groups in total. The molecule has 1 saturated heterocycles. The van der Waals surface area contributed by atoms with E-state index in [-0.39, 0.29) is 33.1 Å². The maximum atomic E-state index is 12.3. The fraction of sp³-hybridized carbons (Fsp3) is 0.300. The van der Waals surface area contributed by atoms with Crippen LogP contribution in [-0.4, -0.2) is 36.9 Å². The number of carboxylic acids is 1. The Morgan fingerprint density at radius 3 is 2.11 bits per heavy atom. The van der Waals surface area contributed by atoms with Gasteiger partial charge in [-0.2, -0.15) is 4.31 Å². The molecule has 0 aromatic heterocycles. The summed E-state index contributed by atoms with van der Waals surface area (Å²) in [4.78, 5) is 10.4. The zero-order chi connectivity index (χ0) is 14.4. The Labute approximate surface area is 124 Å². The van der Waals surface area contributed by atoms with Crippen molar-refractivity contribution in [1.82, 2.24) is 4.31 Å². The second-order valence-electron chi connectivity index (χ2n) is 4.06. The SMILES string of the molecule is O=C(O)C1CN(S(=O)(=O)c2c(Cl)cc(Cl)cc2Cl)C1. The molecule has 1 aliphatic rings. The second kappa shape index (κ2) is 5.10. The van der Waals surface area contributed by atoms with Crippen LogP contribution in [0.1, 0.15) is 0 Å². The van der Waals surface area contributed by atoms with Gasteiger partial charge in [0.2, 0.25) is 10.0 Å². The van der Waals surface area contributed by atoms with Crippen LogP contribution in [0.5, 0.6) is 0 Å². The molecule has 0 aliphatic carbocycles. The van der Waals surface area contributed by atoms with E-state index in [9.17, 15) is 13.2 Å². The second-order valence-corrected chi connectivity index (χ2v) is 7.18. The minimum Gasteiger partial charge on any atom is -0.481 e. The van der Waals surface area contributed by atoms with Crippen molar-refractivity contribution in [1.29, 1.82) is 0 Å². The summed E-state index contributed by atoms with van der Waals surface area (Å²) >= 11 is 17.4. The first kappa shape index (κ1) is 14.9. The van der Waals surface area contributed by atoms with E-state index in [0.29, 0.717) is 0 Å². The molecule has 2 rings (SSSR count). The zero-order valence-corrected chi connectivity index (χ0v) is 12.4. The molecule has 0 unspecified atom stereocenters. The van der Waals surface area contributed by atoms with E-state index < -0.39 is 21.9 Å². The molecule has 1 heterocycles. The zero-order valence-electron chi connectivity index (χ0n) is 9.31. The van der Waals surface area contributed by atoms with Gasteiger partial charge in [0.05, 0.1) is 16.0 Å². The normalized spacial score (nSPS) is 17.2. The Hall–Kier alpha value is -0.530. The van der Waals surface area contributed by atoms with Crippen molar-refractivity contribution < 1.29 is 18.3 Å². The van der Waals surface area contributed by atoms with Gasteiger partial charge in [0.1, 0.15) is 4.90 Å².